The van der Waals surface area contributed by atoms with E-state index in [1.54, 1.807) is 18.3 Å². The van der Waals surface area contributed by atoms with Gasteiger partial charge in [0.15, 0.2) is 9.84 Å². The Kier molecular flexibility index (Phi) is 7.32. The zero-order chi connectivity index (χ0) is 25.3. The summed E-state index contributed by atoms with van der Waals surface area (Å²) in [6.45, 7) is 5.72. The van der Waals surface area contributed by atoms with E-state index in [9.17, 15) is 23.1 Å². The Balaban J connectivity index is 1.80. The van der Waals surface area contributed by atoms with Crippen LogP contribution in [0, 0.1) is 5.41 Å². The first-order valence-electron chi connectivity index (χ1n) is 10.8. The molecular formula is C22H31N5O6S. The molecule has 0 aliphatic carbocycles. The van der Waals surface area contributed by atoms with Gasteiger partial charge in [-0.05, 0) is 23.6 Å². The van der Waals surface area contributed by atoms with E-state index in [2.05, 4.69) is 15.6 Å². The fourth-order valence-electron chi connectivity index (χ4n) is 3.97. The lowest BCUT2D eigenvalue weighted by molar-refractivity contribution is -0.144. The lowest BCUT2D eigenvalue weighted by Gasteiger charge is -2.34. The molecule has 1 saturated heterocycles. The first-order valence-corrected chi connectivity index (χ1v) is 12.7. The molecule has 1 aromatic heterocycles. The SMILES string of the molecule is CNC(=O)C1CC(O)CN1C(=O)[C@@H](n1cc(COc2cccc(S(C)(=O)=O)c2)nn1)C(C)(C)C. The minimum atomic E-state index is -3.37. The summed E-state index contributed by atoms with van der Waals surface area (Å²) < 4.78 is 30.6. The Labute approximate surface area is 199 Å². The lowest BCUT2D eigenvalue weighted by atomic mass is 9.85. The molecule has 0 bridgehead atoms. The highest BCUT2D eigenvalue weighted by atomic mass is 32.2. The highest BCUT2D eigenvalue weighted by Crippen LogP contribution is 2.34. The molecule has 3 atom stereocenters. The fraction of sp³-hybridized carbons (Fsp3) is 0.545. The first kappa shape index (κ1) is 25.6. The van der Waals surface area contributed by atoms with Crippen LogP contribution in [0.25, 0.3) is 0 Å². The Hall–Kier alpha value is -2.99. The van der Waals surface area contributed by atoms with Crippen molar-refractivity contribution in [3.8, 4) is 5.75 Å². The molecule has 1 aliphatic rings. The van der Waals surface area contributed by atoms with Crippen LogP contribution in [0.5, 0.6) is 5.75 Å². The van der Waals surface area contributed by atoms with Gasteiger partial charge in [0.1, 0.15) is 30.1 Å². The molecule has 1 fully saturated rings. The van der Waals surface area contributed by atoms with Crippen LogP contribution < -0.4 is 10.1 Å². The summed E-state index contributed by atoms with van der Waals surface area (Å²) in [5, 5.41) is 20.9. The van der Waals surface area contributed by atoms with Crippen LogP contribution in [0.4, 0.5) is 0 Å². The zero-order valence-corrected chi connectivity index (χ0v) is 20.7. The van der Waals surface area contributed by atoms with Gasteiger partial charge in [-0.2, -0.15) is 0 Å². The molecule has 1 aliphatic heterocycles. The second kappa shape index (κ2) is 9.71. The highest BCUT2D eigenvalue weighted by molar-refractivity contribution is 7.90. The molecular weight excluding hydrogens is 462 g/mol. The van der Waals surface area contributed by atoms with Gasteiger partial charge in [0.05, 0.1) is 17.2 Å². The van der Waals surface area contributed by atoms with Crippen molar-refractivity contribution in [2.75, 3.05) is 19.8 Å². The molecule has 2 unspecified atom stereocenters. The number of aliphatic hydroxyl groups excluding tert-OH is 1. The fourth-order valence-corrected chi connectivity index (χ4v) is 4.62. The van der Waals surface area contributed by atoms with E-state index in [1.807, 2.05) is 20.8 Å². The van der Waals surface area contributed by atoms with Crippen LogP contribution in [0.1, 0.15) is 38.9 Å². The molecule has 1 aromatic carbocycles. The summed E-state index contributed by atoms with van der Waals surface area (Å²) in [5.41, 5.74) is -0.135. The van der Waals surface area contributed by atoms with Crippen molar-refractivity contribution in [1.82, 2.24) is 25.2 Å². The second-order valence-electron chi connectivity index (χ2n) is 9.50. The Morgan fingerprint density at radius 1 is 1.32 bits per heavy atom. The van der Waals surface area contributed by atoms with Gasteiger partial charge in [0.25, 0.3) is 0 Å². The maximum absolute atomic E-state index is 13.5. The monoisotopic (exact) mass is 493 g/mol. The van der Waals surface area contributed by atoms with Crippen molar-refractivity contribution in [1.29, 1.82) is 0 Å². The smallest absolute Gasteiger partial charge is 0.248 e. The summed E-state index contributed by atoms with van der Waals surface area (Å²) >= 11 is 0. The largest absolute Gasteiger partial charge is 0.487 e. The van der Waals surface area contributed by atoms with Crippen molar-refractivity contribution in [3.63, 3.8) is 0 Å². The number of likely N-dealkylation sites (N-methyl/N-ethyl adjacent to an activating group) is 1. The van der Waals surface area contributed by atoms with Crippen molar-refractivity contribution in [3.05, 3.63) is 36.2 Å². The lowest BCUT2D eigenvalue weighted by Crippen LogP contribution is -2.49. The van der Waals surface area contributed by atoms with Crippen LogP contribution in [-0.4, -0.2) is 77.2 Å². The van der Waals surface area contributed by atoms with Gasteiger partial charge in [0, 0.05) is 26.3 Å². The van der Waals surface area contributed by atoms with Gasteiger partial charge < -0.3 is 20.1 Å². The maximum atomic E-state index is 13.5. The number of hydrogen-bond donors (Lipinski definition) is 2. The van der Waals surface area contributed by atoms with Gasteiger partial charge in [-0.15, -0.1) is 5.10 Å². The number of ether oxygens (including phenoxy) is 1. The number of carbonyl (C=O) groups is 2. The minimum Gasteiger partial charge on any atom is -0.487 e. The molecule has 2 amide bonds. The number of sulfone groups is 1. The maximum Gasteiger partial charge on any atom is 0.248 e. The van der Waals surface area contributed by atoms with Crippen LogP contribution in [0.15, 0.2) is 35.4 Å². The van der Waals surface area contributed by atoms with Crippen LogP contribution in [-0.2, 0) is 26.0 Å². The summed E-state index contributed by atoms with van der Waals surface area (Å²) in [5.74, 6) is -0.308. The van der Waals surface area contributed by atoms with E-state index in [0.717, 1.165) is 6.26 Å². The molecule has 186 valence electrons. The van der Waals surface area contributed by atoms with Gasteiger partial charge in [0.2, 0.25) is 11.8 Å². The quantitative estimate of drug-likeness (QED) is 0.569. The average Bonchev–Trinajstić information content (AvgIpc) is 3.37. The van der Waals surface area contributed by atoms with E-state index >= 15 is 0 Å². The zero-order valence-electron chi connectivity index (χ0n) is 19.9. The first-order chi connectivity index (χ1) is 15.8. The van der Waals surface area contributed by atoms with Crippen molar-refractivity contribution in [2.24, 2.45) is 5.41 Å². The van der Waals surface area contributed by atoms with E-state index in [1.165, 1.54) is 28.8 Å². The van der Waals surface area contributed by atoms with Crippen LogP contribution in [0.3, 0.4) is 0 Å². The number of carbonyl (C=O) groups excluding carboxylic acids is 2. The molecule has 11 nitrogen and oxygen atoms in total. The normalized spacial score (nSPS) is 19.6. The van der Waals surface area contributed by atoms with Crippen LogP contribution >= 0.6 is 0 Å². The summed E-state index contributed by atoms with van der Waals surface area (Å²) in [6, 6.07) is 4.60. The van der Waals surface area contributed by atoms with Crippen molar-refractivity contribution < 1.29 is 27.9 Å². The number of likely N-dealkylation sites (tertiary alicyclic amines) is 1. The third-order valence-corrected chi connectivity index (χ3v) is 6.72. The number of hydrogen-bond acceptors (Lipinski definition) is 8. The predicted molar refractivity (Wildman–Crippen MR) is 123 cm³/mol. The molecule has 12 heteroatoms. The number of nitrogens with zero attached hydrogens (tertiary/aromatic N) is 4. The molecule has 0 spiro atoms. The van der Waals surface area contributed by atoms with Gasteiger partial charge in [-0.1, -0.05) is 32.1 Å². The molecule has 2 aromatic rings. The van der Waals surface area contributed by atoms with Gasteiger partial charge in [-0.3, -0.25) is 9.59 Å². The highest BCUT2D eigenvalue weighted by Gasteiger charge is 2.45. The molecule has 34 heavy (non-hydrogen) atoms. The third kappa shape index (κ3) is 5.73. The third-order valence-electron chi connectivity index (χ3n) is 5.61. The predicted octanol–water partition coefficient (Wildman–Crippen LogP) is 0.556. The molecule has 2 heterocycles. The van der Waals surface area contributed by atoms with E-state index < -0.39 is 33.4 Å². The van der Waals surface area contributed by atoms with Gasteiger partial charge in [-0.25, -0.2) is 13.1 Å². The van der Waals surface area contributed by atoms with E-state index in [0.29, 0.717) is 11.4 Å². The van der Waals surface area contributed by atoms with Gasteiger partial charge >= 0.3 is 0 Å². The summed E-state index contributed by atoms with van der Waals surface area (Å²) in [6.07, 6.45) is 2.10. The number of aromatic nitrogens is 3. The molecule has 0 radical (unpaired) electrons. The molecule has 0 saturated carbocycles. The van der Waals surface area contributed by atoms with E-state index in [-0.39, 0.29) is 36.3 Å². The second-order valence-corrected chi connectivity index (χ2v) is 11.5. The summed E-state index contributed by atoms with van der Waals surface area (Å²) in [7, 11) is -1.87. The number of rotatable bonds is 7. The Morgan fingerprint density at radius 3 is 2.65 bits per heavy atom. The van der Waals surface area contributed by atoms with Crippen molar-refractivity contribution in [2.45, 2.75) is 56.9 Å². The Morgan fingerprint density at radius 2 is 2.03 bits per heavy atom. The number of aliphatic hydroxyl groups is 1. The van der Waals surface area contributed by atoms with E-state index in [4.69, 9.17) is 4.74 Å². The number of benzene rings is 1. The minimum absolute atomic E-state index is 0.0154. The molecule has 3 rings (SSSR count). The number of amides is 2. The topological polar surface area (TPSA) is 144 Å². The molecule has 2 N–H and O–H groups in total. The standard InChI is InChI=1S/C22H31N5O6S/c1-22(2,3)19(21(30)26-12-15(28)9-18(26)20(29)23-4)27-11-14(24-25-27)13-33-16-7-6-8-17(10-16)34(5,31)32/h6-8,10-11,15,18-19,28H,9,12-13H2,1-5H3,(H,23,29)/t15?,18?,19-/m1/s1. The van der Waals surface area contributed by atoms with Crippen LogP contribution in [0.2, 0.25) is 0 Å². The summed E-state index contributed by atoms with van der Waals surface area (Å²) in [4.78, 5) is 27.4. The Bertz CT molecular complexity index is 1160. The van der Waals surface area contributed by atoms with Crippen molar-refractivity contribution >= 4 is 21.7 Å². The number of nitrogens with one attached hydrogen (secondary N) is 1. The number of β-amino-alcohol motifs (C(OH)–C–C–N with tert-alkyl or cyclic N) is 1. The average molecular weight is 494 g/mol.